The van der Waals surface area contributed by atoms with E-state index in [4.69, 9.17) is 28.3 Å². The normalized spacial score (nSPS) is 12.9. The van der Waals surface area contributed by atoms with E-state index < -0.39 is 5.97 Å². The molecule has 1 atom stereocenters. The highest BCUT2D eigenvalue weighted by Crippen LogP contribution is 2.25. The van der Waals surface area contributed by atoms with E-state index in [1.807, 2.05) is 13.0 Å². The van der Waals surface area contributed by atoms with Gasteiger partial charge in [0.25, 0.3) is 0 Å². The third-order valence-corrected chi connectivity index (χ3v) is 2.79. The fraction of sp³-hybridized carbons (Fsp3) is 0.250. The van der Waals surface area contributed by atoms with Gasteiger partial charge in [-0.1, -0.05) is 35.3 Å². The minimum Gasteiger partial charge on any atom is -0.478 e. The first kappa shape index (κ1) is 14.0. The van der Waals surface area contributed by atoms with Crippen LogP contribution >= 0.6 is 23.2 Å². The Morgan fingerprint density at radius 3 is 2.82 bits per heavy atom. The van der Waals surface area contributed by atoms with Gasteiger partial charge in [0.05, 0.1) is 0 Å². The van der Waals surface area contributed by atoms with Crippen molar-refractivity contribution in [3.05, 3.63) is 46.0 Å². The number of carboxylic acids is 1. The smallest absolute Gasteiger partial charge is 0.328 e. The van der Waals surface area contributed by atoms with E-state index >= 15 is 0 Å². The van der Waals surface area contributed by atoms with Gasteiger partial charge < -0.3 is 10.4 Å². The predicted octanol–water partition coefficient (Wildman–Crippen LogP) is 3.28. The standard InChI is InChI=1S/C12H13Cl2NO2/c1-8(15-6-2-3-12(16)17)10-5-4-9(13)7-11(10)14/h2-5,7-8,15H,6H2,1H3,(H,16,17)/b3-2+. The second-order valence-electron chi connectivity index (χ2n) is 3.54. The van der Waals surface area contributed by atoms with Crippen molar-refractivity contribution in [2.24, 2.45) is 0 Å². The highest BCUT2D eigenvalue weighted by atomic mass is 35.5. The quantitative estimate of drug-likeness (QED) is 0.810. The van der Waals surface area contributed by atoms with E-state index in [0.29, 0.717) is 16.6 Å². The molecule has 3 nitrogen and oxygen atoms in total. The van der Waals surface area contributed by atoms with Crippen LogP contribution in [-0.2, 0) is 4.79 Å². The Bertz CT molecular complexity index is 433. The molecule has 0 aliphatic carbocycles. The molecule has 0 heterocycles. The Hall–Kier alpha value is -1.03. The molecule has 0 aliphatic rings. The lowest BCUT2D eigenvalue weighted by Crippen LogP contribution is -2.19. The SMILES string of the molecule is CC(NC/C=C/C(=O)O)c1ccc(Cl)cc1Cl. The molecule has 1 unspecified atom stereocenters. The summed E-state index contributed by atoms with van der Waals surface area (Å²) < 4.78 is 0. The zero-order valence-electron chi connectivity index (χ0n) is 9.28. The summed E-state index contributed by atoms with van der Waals surface area (Å²) in [4.78, 5) is 10.3. The first-order valence-electron chi connectivity index (χ1n) is 5.08. The minimum absolute atomic E-state index is 0.0261. The average Bonchev–Trinajstić information content (AvgIpc) is 2.23. The number of carboxylic acid groups (broad SMARTS) is 1. The van der Waals surface area contributed by atoms with Crippen molar-refractivity contribution in [1.82, 2.24) is 5.32 Å². The zero-order chi connectivity index (χ0) is 12.8. The lowest BCUT2D eigenvalue weighted by molar-refractivity contribution is -0.131. The first-order chi connectivity index (χ1) is 8.00. The number of rotatable bonds is 5. The molecule has 1 rings (SSSR count). The molecule has 0 amide bonds. The molecule has 2 N–H and O–H groups in total. The van der Waals surface area contributed by atoms with Crippen LogP contribution in [0.4, 0.5) is 0 Å². The number of nitrogens with one attached hydrogen (secondary N) is 1. The number of halogens is 2. The number of hydrogen-bond donors (Lipinski definition) is 2. The third kappa shape index (κ3) is 4.77. The van der Waals surface area contributed by atoms with Crippen molar-refractivity contribution in [2.45, 2.75) is 13.0 Å². The van der Waals surface area contributed by atoms with Crippen molar-refractivity contribution in [3.63, 3.8) is 0 Å². The zero-order valence-corrected chi connectivity index (χ0v) is 10.8. The predicted molar refractivity (Wildman–Crippen MR) is 69.7 cm³/mol. The molecular formula is C12H13Cl2NO2. The van der Waals surface area contributed by atoms with Crippen LogP contribution in [0.1, 0.15) is 18.5 Å². The summed E-state index contributed by atoms with van der Waals surface area (Å²) >= 11 is 11.9. The maximum absolute atomic E-state index is 10.3. The fourth-order valence-corrected chi connectivity index (χ4v) is 1.94. The van der Waals surface area contributed by atoms with Crippen molar-refractivity contribution in [1.29, 1.82) is 0 Å². The lowest BCUT2D eigenvalue weighted by Gasteiger charge is -2.14. The van der Waals surface area contributed by atoms with Gasteiger partial charge in [-0.05, 0) is 24.6 Å². The largest absolute Gasteiger partial charge is 0.478 e. The molecule has 0 aliphatic heterocycles. The van der Waals surface area contributed by atoms with Crippen molar-refractivity contribution in [2.75, 3.05) is 6.54 Å². The van der Waals surface area contributed by atoms with Gasteiger partial charge in [-0.3, -0.25) is 0 Å². The second-order valence-corrected chi connectivity index (χ2v) is 4.38. The van der Waals surface area contributed by atoms with Gasteiger partial charge >= 0.3 is 5.97 Å². The molecule has 0 saturated carbocycles. The Morgan fingerprint density at radius 2 is 2.24 bits per heavy atom. The maximum atomic E-state index is 10.3. The molecule has 0 bridgehead atoms. The summed E-state index contributed by atoms with van der Waals surface area (Å²) in [6.07, 6.45) is 2.64. The lowest BCUT2D eigenvalue weighted by atomic mass is 10.1. The van der Waals surface area contributed by atoms with Crippen LogP contribution in [0.3, 0.4) is 0 Å². The van der Waals surface area contributed by atoms with E-state index in [2.05, 4.69) is 5.32 Å². The van der Waals surface area contributed by atoms with Crippen LogP contribution in [0.15, 0.2) is 30.4 Å². The number of aliphatic carboxylic acids is 1. The van der Waals surface area contributed by atoms with E-state index in [1.54, 1.807) is 18.2 Å². The van der Waals surface area contributed by atoms with Crippen molar-refractivity contribution < 1.29 is 9.90 Å². The summed E-state index contributed by atoms with van der Waals surface area (Å²) in [5, 5.41) is 12.7. The summed E-state index contributed by atoms with van der Waals surface area (Å²) in [5.41, 5.74) is 0.930. The van der Waals surface area contributed by atoms with Gasteiger partial charge in [0.15, 0.2) is 0 Å². The summed E-state index contributed by atoms with van der Waals surface area (Å²) in [6.45, 7) is 2.41. The Labute approximate surface area is 110 Å². The van der Waals surface area contributed by atoms with Crippen LogP contribution in [0, 0.1) is 0 Å². The monoisotopic (exact) mass is 273 g/mol. The third-order valence-electron chi connectivity index (χ3n) is 2.23. The molecule has 5 heteroatoms. The first-order valence-corrected chi connectivity index (χ1v) is 5.84. The van der Waals surface area contributed by atoms with Gasteiger partial charge in [-0.2, -0.15) is 0 Å². The Balaban J connectivity index is 2.58. The minimum atomic E-state index is -0.955. The molecule has 0 spiro atoms. The van der Waals surface area contributed by atoms with Gasteiger partial charge in [0.2, 0.25) is 0 Å². The number of carbonyl (C=O) groups is 1. The van der Waals surface area contributed by atoms with Gasteiger partial charge in [0.1, 0.15) is 0 Å². The van der Waals surface area contributed by atoms with Gasteiger partial charge in [-0.25, -0.2) is 4.79 Å². The van der Waals surface area contributed by atoms with Crippen molar-refractivity contribution >= 4 is 29.2 Å². The highest BCUT2D eigenvalue weighted by Gasteiger charge is 2.08. The van der Waals surface area contributed by atoms with Crippen LogP contribution in [0.2, 0.25) is 10.0 Å². The molecule has 17 heavy (non-hydrogen) atoms. The molecule has 1 aromatic rings. The average molecular weight is 274 g/mol. The topological polar surface area (TPSA) is 49.3 Å². The van der Waals surface area contributed by atoms with Crippen LogP contribution in [0.25, 0.3) is 0 Å². The second kappa shape index (κ2) is 6.64. The molecular weight excluding hydrogens is 261 g/mol. The van der Waals surface area contributed by atoms with Crippen LogP contribution in [0.5, 0.6) is 0 Å². The van der Waals surface area contributed by atoms with Gasteiger partial charge in [0, 0.05) is 28.7 Å². The van der Waals surface area contributed by atoms with Crippen molar-refractivity contribution in [3.8, 4) is 0 Å². The number of benzene rings is 1. The molecule has 0 fully saturated rings. The summed E-state index contributed by atoms with van der Waals surface area (Å²) in [5.74, 6) is -0.955. The molecule has 0 saturated heterocycles. The molecule has 0 radical (unpaired) electrons. The summed E-state index contributed by atoms with van der Waals surface area (Å²) in [6, 6.07) is 5.33. The molecule has 1 aromatic carbocycles. The highest BCUT2D eigenvalue weighted by molar-refractivity contribution is 6.35. The van der Waals surface area contributed by atoms with Crippen LogP contribution < -0.4 is 5.32 Å². The fourth-order valence-electron chi connectivity index (χ4n) is 1.37. The van der Waals surface area contributed by atoms with E-state index in [0.717, 1.165) is 11.6 Å². The Kier molecular flexibility index (Phi) is 5.48. The summed E-state index contributed by atoms with van der Waals surface area (Å²) in [7, 11) is 0. The van der Waals surface area contributed by atoms with Crippen LogP contribution in [-0.4, -0.2) is 17.6 Å². The molecule has 92 valence electrons. The maximum Gasteiger partial charge on any atom is 0.328 e. The van der Waals surface area contributed by atoms with E-state index in [1.165, 1.54) is 0 Å². The van der Waals surface area contributed by atoms with E-state index in [-0.39, 0.29) is 6.04 Å². The van der Waals surface area contributed by atoms with Gasteiger partial charge in [-0.15, -0.1) is 0 Å². The molecule has 0 aromatic heterocycles. The van der Waals surface area contributed by atoms with E-state index in [9.17, 15) is 4.79 Å². The number of hydrogen-bond acceptors (Lipinski definition) is 2. The Morgan fingerprint density at radius 1 is 1.53 bits per heavy atom.